The minimum Gasteiger partial charge on any atom is -0.493 e. The van der Waals surface area contributed by atoms with Crippen molar-refractivity contribution in [3.63, 3.8) is 0 Å². The number of nitrogens with one attached hydrogen (secondary N) is 2. The summed E-state index contributed by atoms with van der Waals surface area (Å²) in [6.07, 6.45) is 0.790. The molecule has 2 aromatic rings. The Morgan fingerprint density at radius 1 is 1.04 bits per heavy atom. The van der Waals surface area contributed by atoms with E-state index in [0.717, 1.165) is 17.5 Å². The Morgan fingerprint density at radius 2 is 1.68 bits per heavy atom. The van der Waals surface area contributed by atoms with Gasteiger partial charge in [0.25, 0.3) is 5.69 Å². The van der Waals surface area contributed by atoms with E-state index in [0.29, 0.717) is 30.5 Å². The van der Waals surface area contributed by atoms with Crippen molar-refractivity contribution in [2.45, 2.75) is 13.0 Å². The number of ether oxygens (including phenoxy) is 2. The Bertz CT molecular complexity index is 797. The number of nitrogens with zero attached hydrogens (tertiary/aromatic N) is 2. The maximum Gasteiger partial charge on any atom is 0.269 e. The first-order valence-electron chi connectivity index (χ1n) is 8.46. The summed E-state index contributed by atoms with van der Waals surface area (Å²) < 4.78 is 10.6. The molecule has 0 spiro atoms. The molecule has 0 amide bonds. The van der Waals surface area contributed by atoms with Gasteiger partial charge >= 0.3 is 0 Å². The summed E-state index contributed by atoms with van der Waals surface area (Å²) in [5, 5.41) is 17.1. The van der Waals surface area contributed by atoms with E-state index in [-0.39, 0.29) is 29.7 Å². The van der Waals surface area contributed by atoms with Crippen LogP contribution in [0.2, 0.25) is 0 Å². The van der Waals surface area contributed by atoms with Crippen molar-refractivity contribution < 1.29 is 14.4 Å². The lowest BCUT2D eigenvalue weighted by molar-refractivity contribution is -0.384. The number of hydrogen-bond acceptors (Lipinski definition) is 5. The van der Waals surface area contributed by atoms with Crippen molar-refractivity contribution in [3.05, 3.63) is 63.7 Å². The Morgan fingerprint density at radius 3 is 2.25 bits per heavy atom. The van der Waals surface area contributed by atoms with E-state index < -0.39 is 4.92 Å². The fraction of sp³-hybridized carbons (Fsp3) is 0.316. The zero-order valence-electron chi connectivity index (χ0n) is 16.1. The molecule has 0 saturated carbocycles. The van der Waals surface area contributed by atoms with Crippen LogP contribution >= 0.6 is 24.0 Å². The highest BCUT2D eigenvalue weighted by Crippen LogP contribution is 2.27. The normalized spacial score (nSPS) is 10.6. The lowest BCUT2D eigenvalue weighted by atomic mass is 10.1. The van der Waals surface area contributed by atoms with Crippen LogP contribution in [0.4, 0.5) is 5.69 Å². The molecule has 0 fully saturated rings. The lowest BCUT2D eigenvalue weighted by Crippen LogP contribution is -2.37. The van der Waals surface area contributed by atoms with Gasteiger partial charge in [-0.05, 0) is 29.7 Å². The minimum atomic E-state index is -0.411. The Labute approximate surface area is 181 Å². The number of methoxy groups -OCH3 is 2. The van der Waals surface area contributed by atoms with E-state index in [4.69, 9.17) is 9.47 Å². The fourth-order valence-corrected chi connectivity index (χ4v) is 2.50. The van der Waals surface area contributed by atoms with Gasteiger partial charge in [-0.2, -0.15) is 0 Å². The Balaban J connectivity index is 0.00000392. The first-order valence-corrected chi connectivity index (χ1v) is 8.46. The number of hydrogen-bond donors (Lipinski definition) is 2. The van der Waals surface area contributed by atoms with Gasteiger partial charge in [0.1, 0.15) is 0 Å². The number of nitro groups is 1. The topological polar surface area (TPSA) is 98.0 Å². The van der Waals surface area contributed by atoms with Crippen molar-refractivity contribution >= 4 is 35.6 Å². The van der Waals surface area contributed by atoms with E-state index in [9.17, 15) is 10.1 Å². The Hall–Kier alpha value is -2.56. The molecule has 0 aliphatic carbocycles. The molecule has 0 aliphatic heterocycles. The quantitative estimate of drug-likeness (QED) is 0.190. The van der Waals surface area contributed by atoms with Gasteiger partial charge in [-0.25, -0.2) is 0 Å². The third kappa shape index (κ3) is 6.87. The number of nitro benzene ring substituents is 1. The van der Waals surface area contributed by atoms with Crippen molar-refractivity contribution in [2.75, 3.05) is 27.8 Å². The van der Waals surface area contributed by atoms with Crippen LogP contribution in [0.3, 0.4) is 0 Å². The summed E-state index contributed by atoms with van der Waals surface area (Å²) in [5.41, 5.74) is 2.13. The van der Waals surface area contributed by atoms with Gasteiger partial charge in [0.2, 0.25) is 0 Å². The van der Waals surface area contributed by atoms with Crippen LogP contribution in [0.5, 0.6) is 11.5 Å². The van der Waals surface area contributed by atoms with E-state index in [1.807, 2.05) is 18.2 Å². The number of aliphatic imine (C=N–C) groups is 1. The summed E-state index contributed by atoms with van der Waals surface area (Å²) in [6.45, 7) is 1.21. The summed E-state index contributed by atoms with van der Waals surface area (Å²) in [7, 11) is 4.92. The van der Waals surface area contributed by atoms with E-state index in [1.165, 1.54) is 12.1 Å². The molecule has 2 N–H and O–H groups in total. The van der Waals surface area contributed by atoms with Crippen LogP contribution in [0.15, 0.2) is 47.5 Å². The van der Waals surface area contributed by atoms with Crippen LogP contribution < -0.4 is 20.1 Å². The van der Waals surface area contributed by atoms with Gasteiger partial charge in [-0.3, -0.25) is 15.1 Å². The molecule has 0 atom stereocenters. The number of halogens is 1. The predicted octanol–water partition coefficient (Wildman–Crippen LogP) is 3.14. The third-order valence-electron chi connectivity index (χ3n) is 3.98. The fourth-order valence-electron chi connectivity index (χ4n) is 2.50. The van der Waals surface area contributed by atoms with Crippen LogP contribution in [0.25, 0.3) is 0 Å². The third-order valence-corrected chi connectivity index (χ3v) is 3.98. The second kappa shape index (κ2) is 12.0. The lowest BCUT2D eigenvalue weighted by Gasteiger charge is -2.13. The van der Waals surface area contributed by atoms with Crippen LogP contribution in [0, 0.1) is 10.1 Å². The molecule has 2 aromatic carbocycles. The maximum absolute atomic E-state index is 10.7. The average Bonchev–Trinajstić information content (AvgIpc) is 2.70. The van der Waals surface area contributed by atoms with Gasteiger partial charge in [0, 0.05) is 32.3 Å². The molecular formula is C19H25IN4O4. The van der Waals surface area contributed by atoms with Crippen LogP contribution in [0.1, 0.15) is 11.1 Å². The molecule has 0 saturated heterocycles. The summed E-state index contributed by atoms with van der Waals surface area (Å²) in [5.74, 6) is 2.07. The second-order valence-electron chi connectivity index (χ2n) is 5.72. The van der Waals surface area contributed by atoms with Crippen LogP contribution in [-0.4, -0.2) is 38.7 Å². The molecule has 0 aliphatic rings. The molecule has 2 rings (SSSR count). The number of benzene rings is 2. The van der Waals surface area contributed by atoms with Crippen LogP contribution in [-0.2, 0) is 13.0 Å². The zero-order chi connectivity index (χ0) is 19.6. The van der Waals surface area contributed by atoms with Crippen molar-refractivity contribution in [1.29, 1.82) is 0 Å². The molecule has 9 heteroatoms. The first kappa shape index (κ1) is 23.5. The molecule has 28 heavy (non-hydrogen) atoms. The van der Waals surface area contributed by atoms with Gasteiger partial charge in [0.05, 0.1) is 19.1 Å². The smallest absolute Gasteiger partial charge is 0.269 e. The predicted molar refractivity (Wildman–Crippen MR) is 120 cm³/mol. The molecule has 0 radical (unpaired) electrons. The van der Waals surface area contributed by atoms with Crippen molar-refractivity contribution in [3.8, 4) is 11.5 Å². The van der Waals surface area contributed by atoms with Gasteiger partial charge in [-0.15, -0.1) is 24.0 Å². The maximum atomic E-state index is 10.7. The largest absolute Gasteiger partial charge is 0.493 e. The average molecular weight is 500 g/mol. The first-order chi connectivity index (χ1) is 13.1. The number of rotatable bonds is 8. The molecule has 8 nitrogen and oxygen atoms in total. The molecule has 0 heterocycles. The highest BCUT2D eigenvalue weighted by molar-refractivity contribution is 14.0. The summed E-state index contributed by atoms with van der Waals surface area (Å²) in [6, 6.07) is 12.3. The SMILES string of the molecule is CN=C(NCCc1ccc(OC)c(OC)c1)NCc1ccc([N+](=O)[O-])cc1.I. The monoisotopic (exact) mass is 500 g/mol. The molecule has 0 unspecified atom stereocenters. The number of non-ortho nitro benzene ring substituents is 1. The summed E-state index contributed by atoms with van der Waals surface area (Å²) >= 11 is 0. The van der Waals surface area contributed by atoms with Gasteiger partial charge in [0.15, 0.2) is 17.5 Å². The molecular weight excluding hydrogens is 475 g/mol. The van der Waals surface area contributed by atoms with E-state index in [2.05, 4.69) is 15.6 Å². The molecule has 0 aromatic heterocycles. The van der Waals surface area contributed by atoms with E-state index >= 15 is 0 Å². The van der Waals surface area contributed by atoms with E-state index in [1.54, 1.807) is 33.4 Å². The van der Waals surface area contributed by atoms with Gasteiger partial charge in [-0.1, -0.05) is 18.2 Å². The zero-order valence-corrected chi connectivity index (χ0v) is 18.4. The Kier molecular flexibility index (Phi) is 10.1. The van der Waals surface area contributed by atoms with Crippen molar-refractivity contribution in [2.24, 2.45) is 4.99 Å². The second-order valence-corrected chi connectivity index (χ2v) is 5.72. The molecule has 152 valence electrons. The minimum absolute atomic E-state index is 0. The highest BCUT2D eigenvalue weighted by Gasteiger charge is 2.06. The summed E-state index contributed by atoms with van der Waals surface area (Å²) in [4.78, 5) is 14.5. The van der Waals surface area contributed by atoms with Crippen molar-refractivity contribution in [1.82, 2.24) is 10.6 Å². The van der Waals surface area contributed by atoms with Gasteiger partial charge < -0.3 is 20.1 Å². The molecule has 0 bridgehead atoms. The number of guanidine groups is 1. The highest BCUT2D eigenvalue weighted by atomic mass is 127. The standard InChI is InChI=1S/C19H24N4O4.HI/c1-20-19(22-13-15-4-7-16(8-5-15)23(24)25)21-11-10-14-6-9-17(26-2)18(12-14)27-3;/h4-9,12H,10-11,13H2,1-3H3,(H2,20,21,22);1H.